The number of nitrogens with zero attached hydrogens (tertiary/aromatic N) is 2. The summed E-state index contributed by atoms with van der Waals surface area (Å²) >= 11 is 0. The van der Waals surface area contributed by atoms with E-state index in [-0.39, 0.29) is 23.1 Å². The SMILES string of the molecule is O=C(O)c1cc([NH2+]O)cc(-c2nc(-c3ccc(F)cc3)no2)c1. The molecule has 0 saturated heterocycles. The number of hydrogen-bond donors (Lipinski definition) is 3. The van der Waals surface area contributed by atoms with Crippen molar-refractivity contribution in [2.24, 2.45) is 0 Å². The molecule has 0 atom stereocenters. The zero-order chi connectivity index (χ0) is 16.4. The van der Waals surface area contributed by atoms with Gasteiger partial charge in [0.25, 0.3) is 5.89 Å². The van der Waals surface area contributed by atoms with Gasteiger partial charge in [-0.1, -0.05) is 5.16 Å². The normalized spacial score (nSPS) is 10.7. The maximum atomic E-state index is 12.9. The molecule has 0 spiro atoms. The fourth-order valence-electron chi connectivity index (χ4n) is 2.03. The van der Waals surface area contributed by atoms with Crippen LogP contribution in [0.4, 0.5) is 10.1 Å². The van der Waals surface area contributed by atoms with Gasteiger partial charge in [-0.25, -0.2) is 14.4 Å². The van der Waals surface area contributed by atoms with Gasteiger partial charge in [-0.15, -0.1) is 0 Å². The number of carbonyl (C=O) groups is 1. The largest absolute Gasteiger partial charge is 0.478 e. The topological polar surface area (TPSA) is 113 Å². The van der Waals surface area contributed by atoms with Crippen LogP contribution in [0.1, 0.15) is 10.4 Å². The number of carboxylic acid groups (broad SMARTS) is 1. The van der Waals surface area contributed by atoms with Crippen molar-refractivity contribution in [3.05, 3.63) is 53.8 Å². The van der Waals surface area contributed by atoms with Crippen LogP contribution >= 0.6 is 0 Å². The van der Waals surface area contributed by atoms with E-state index in [1.54, 1.807) is 0 Å². The van der Waals surface area contributed by atoms with Crippen molar-refractivity contribution >= 4 is 11.7 Å². The van der Waals surface area contributed by atoms with Crippen molar-refractivity contribution in [2.75, 3.05) is 0 Å². The van der Waals surface area contributed by atoms with Crippen molar-refractivity contribution in [2.45, 2.75) is 0 Å². The van der Waals surface area contributed by atoms with Crippen LogP contribution in [0, 0.1) is 5.82 Å². The predicted octanol–water partition coefficient (Wildman–Crippen LogP) is 1.83. The Morgan fingerprint density at radius 1 is 1.13 bits per heavy atom. The Morgan fingerprint density at radius 3 is 2.52 bits per heavy atom. The fourth-order valence-corrected chi connectivity index (χ4v) is 2.03. The van der Waals surface area contributed by atoms with Crippen LogP contribution in [0.25, 0.3) is 22.8 Å². The molecule has 0 unspecified atom stereocenters. The first-order valence-electron chi connectivity index (χ1n) is 6.52. The molecule has 3 aromatic rings. The molecule has 0 radical (unpaired) electrons. The molecule has 1 heterocycles. The molecular formula is C15H11FN3O4+. The number of halogens is 1. The number of aromatic nitrogens is 2. The second-order valence-corrected chi connectivity index (χ2v) is 4.71. The van der Waals surface area contributed by atoms with Crippen molar-refractivity contribution in [3.63, 3.8) is 0 Å². The number of nitrogens with two attached hydrogens (primary N) is 1. The second kappa shape index (κ2) is 5.95. The van der Waals surface area contributed by atoms with Crippen LogP contribution in [-0.4, -0.2) is 26.4 Å². The zero-order valence-corrected chi connectivity index (χ0v) is 11.6. The third kappa shape index (κ3) is 3.07. The lowest BCUT2D eigenvalue weighted by Gasteiger charge is -2.00. The van der Waals surface area contributed by atoms with E-state index < -0.39 is 5.97 Å². The van der Waals surface area contributed by atoms with E-state index in [0.29, 0.717) is 16.8 Å². The molecule has 0 aliphatic rings. The molecule has 0 aliphatic carbocycles. The zero-order valence-electron chi connectivity index (χ0n) is 11.6. The Hall–Kier alpha value is -3.10. The average Bonchev–Trinajstić information content (AvgIpc) is 3.05. The lowest BCUT2D eigenvalue weighted by atomic mass is 10.1. The van der Waals surface area contributed by atoms with Gasteiger partial charge in [0, 0.05) is 23.3 Å². The van der Waals surface area contributed by atoms with Crippen molar-refractivity contribution in [1.82, 2.24) is 10.1 Å². The second-order valence-electron chi connectivity index (χ2n) is 4.71. The summed E-state index contributed by atoms with van der Waals surface area (Å²) in [7, 11) is 0. The average molecular weight is 316 g/mol. The summed E-state index contributed by atoms with van der Waals surface area (Å²) in [6.07, 6.45) is 0. The molecule has 23 heavy (non-hydrogen) atoms. The summed E-state index contributed by atoms with van der Waals surface area (Å²) in [6, 6.07) is 9.73. The highest BCUT2D eigenvalue weighted by Gasteiger charge is 2.16. The molecule has 4 N–H and O–H groups in total. The van der Waals surface area contributed by atoms with E-state index in [9.17, 15) is 9.18 Å². The number of aromatic carboxylic acids is 1. The van der Waals surface area contributed by atoms with E-state index in [1.165, 1.54) is 42.5 Å². The molecular weight excluding hydrogens is 305 g/mol. The van der Waals surface area contributed by atoms with Gasteiger partial charge < -0.3 is 9.63 Å². The van der Waals surface area contributed by atoms with Crippen LogP contribution in [0.5, 0.6) is 0 Å². The number of hydrogen-bond acceptors (Lipinski definition) is 5. The summed E-state index contributed by atoms with van der Waals surface area (Å²) in [5.41, 5.74) is 1.97. The maximum absolute atomic E-state index is 12.9. The van der Waals surface area contributed by atoms with Gasteiger partial charge in [0.1, 0.15) is 5.82 Å². The monoisotopic (exact) mass is 316 g/mol. The Morgan fingerprint density at radius 2 is 1.87 bits per heavy atom. The molecule has 0 saturated carbocycles. The first-order valence-corrected chi connectivity index (χ1v) is 6.52. The molecule has 0 fully saturated rings. The van der Waals surface area contributed by atoms with Gasteiger partial charge in [0.05, 0.1) is 5.56 Å². The van der Waals surface area contributed by atoms with Gasteiger partial charge in [-0.05, 0) is 30.3 Å². The Labute approximate surface area is 129 Å². The van der Waals surface area contributed by atoms with E-state index >= 15 is 0 Å². The van der Waals surface area contributed by atoms with Crippen LogP contribution in [0.2, 0.25) is 0 Å². The number of quaternary nitrogens is 1. The van der Waals surface area contributed by atoms with E-state index in [4.69, 9.17) is 14.8 Å². The quantitative estimate of drug-likeness (QED) is 0.500. The maximum Gasteiger partial charge on any atom is 0.335 e. The van der Waals surface area contributed by atoms with Gasteiger partial charge >= 0.3 is 5.97 Å². The third-order valence-electron chi connectivity index (χ3n) is 3.13. The Kier molecular flexibility index (Phi) is 3.83. The third-order valence-corrected chi connectivity index (χ3v) is 3.13. The minimum absolute atomic E-state index is 0.0238. The smallest absolute Gasteiger partial charge is 0.335 e. The van der Waals surface area contributed by atoms with Gasteiger partial charge in [0.15, 0.2) is 5.69 Å². The van der Waals surface area contributed by atoms with Crippen molar-refractivity contribution in [3.8, 4) is 22.8 Å². The highest BCUT2D eigenvalue weighted by molar-refractivity contribution is 5.90. The van der Waals surface area contributed by atoms with E-state index in [1.807, 2.05) is 0 Å². The van der Waals surface area contributed by atoms with Crippen molar-refractivity contribution < 1.29 is 29.5 Å². The van der Waals surface area contributed by atoms with E-state index in [0.717, 1.165) is 5.48 Å². The Bertz CT molecular complexity index is 861. The predicted molar refractivity (Wildman–Crippen MR) is 75.5 cm³/mol. The summed E-state index contributed by atoms with van der Waals surface area (Å²) in [4.78, 5) is 15.3. The van der Waals surface area contributed by atoms with Crippen LogP contribution in [-0.2, 0) is 0 Å². The number of benzene rings is 2. The summed E-state index contributed by atoms with van der Waals surface area (Å²) in [5.74, 6) is -1.19. The lowest BCUT2D eigenvalue weighted by molar-refractivity contribution is -0.825. The van der Waals surface area contributed by atoms with Gasteiger partial charge in [-0.3, -0.25) is 0 Å². The molecule has 0 amide bonds. The highest BCUT2D eigenvalue weighted by Crippen LogP contribution is 2.25. The molecule has 1 aromatic heterocycles. The highest BCUT2D eigenvalue weighted by atomic mass is 19.1. The molecule has 7 nitrogen and oxygen atoms in total. The summed E-state index contributed by atoms with van der Waals surface area (Å²) < 4.78 is 18.1. The van der Waals surface area contributed by atoms with Crippen LogP contribution in [0.3, 0.4) is 0 Å². The minimum Gasteiger partial charge on any atom is -0.478 e. The molecule has 3 rings (SSSR count). The molecule has 0 aliphatic heterocycles. The van der Waals surface area contributed by atoms with E-state index in [2.05, 4.69) is 10.1 Å². The summed E-state index contributed by atoms with van der Waals surface area (Å²) in [6.45, 7) is 0. The number of rotatable bonds is 4. The molecule has 8 heteroatoms. The van der Waals surface area contributed by atoms with Crippen molar-refractivity contribution in [1.29, 1.82) is 0 Å². The van der Waals surface area contributed by atoms with Gasteiger partial charge in [0.2, 0.25) is 5.82 Å². The molecule has 116 valence electrons. The van der Waals surface area contributed by atoms with Crippen LogP contribution < -0.4 is 5.48 Å². The van der Waals surface area contributed by atoms with Crippen LogP contribution in [0.15, 0.2) is 47.0 Å². The summed E-state index contributed by atoms with van der Waals surface area (Å²) in [5, 5.41) is 22.0. The standard InChI is InChI=1S/C15H10FN3O4/c16-11-3-1-8(2-4-11)13-17-14(23-19-13)9-5-10(15(20)21)7-12(6-9)18-22/h1-7,18,22H,(H,20,21)/p+1. The minimum atomic E-state index is -1.15. The first-order chi connectivity index (χ1) is 11.1. The Balaban J connectivity index is 2.01. The molecule has 2 aromatic carbocycles. The van der Waals surface area contributed by atoms with Gasteiger partial charge in [-0.2, -0.15) is 10.5 Å². The fraction of sp³-hybridized carbons (Fsp3) is 0. The first kappa shape index (κ1) is 14.8. The molecule has 0 bridgehead atoms. The lowest BCUT2D eigenvalue weighted by Crippen LogP contribution is -2.73. The number of carboxylic acids is 1.